The Labute approximate surface area is 117 Å². The molecule has 104 valence electrons. The molecule has 0 saturated carbocycles. The fourth-order valence-electron chi connectivity index (χ4n) is 2.28. The van der Waals surface area contributed by atoms with E-state index >= 15 is 0 Å². The van der Waals surface area contributed by atoms with Crippen molar-refractivity contribution in [1.29, 1.82) is 5.41 Å². The number of amidine groups is 1. The number of nitrogens with one attached hydrogen (secondary N) is 1. The third-order valence-corrected chi connectivity index (χ3v) is 5.09. The molecule has 1 heterocycles. The second-order valence-electron chi connectivity index (χ2n) is 5.01. The number of benzene rings is 1. The van der Waals surface area contributed by atoms with Gasteiger partial charge in [-0.05, 0) is 13.0 Å². The summed E-state index contributed by atoms with van der Waals surface area (Å²) in [5.74, 6) is 0.728. The molecule has 5 heteroatoms. The lowest BCUT2D eigenvalue weighted by atomic mass is 10.1. The van der Waals surface area contributed by atoms with E-state index in [2.05, 4.69) is 18.7 Å². The van der Waals surface area contributed by atoms with Crippen LogP contribution in [0.15, 0.2) is 18.2 Å². The summed E-state index contributed by atoms with van der Waals surface area (Å²) in [7, 11) is 0. The number of thioether (sulfide) groups is 1. The minimum Gasteiger partial charge on any atom is -0.384 e. The molecule has 0 aromatic heterocycles. The molecule has 3 N–H and O–H groups in total. The van der Waals surface area contributed by atoms with Crippen molar-refractivity contribution in [3.8, 4) is 0 Å². The molecule has 0 spiro atoms. The van der Waals surface area contributed by atoms with Gasteiger partial charge in [0.15, 0.2) is 0 Å². The Hall–Kier alpha value is -1.07. The summed E-state index contributed by atoms with van der Waals surface area (Å²) in [4.78, 5) is 2.31. The van der Waals surface area contributed by atoms with Crippen LogP contribution in [0.5, 0.6) is 0 Å². The van der Waals surface area contributed by atoms with Crippen molar-refractivity contribution in [2.24, 2.45) is 5.73 Å². The van der Waals surface area contributed by atoms with Gasteiger partial charge >= 0.3 is 0 Å². The van der Waals surface area contributed by atoms with Crippen LogP contribution in [0.1, 0.15) is 25.0 Å². The highest BCUT2D eigenvalue weighted by atomic mass is 32.2. The minimum absolute atomic E-state index is 0.0955. The van der Waals surface area contributed by atoms with Crippen LogP contribution >= 0.6 is 11.8 Å². The first kappa shape index (κ1) is 14.3. The van der Waals surface area contributed by atoms with Crippen LogP contribution in [0.25, 0.3) is 0 Å². The van der Waals surface area contributed by atoms with E-state index in [9.17, 15) is 4.39 Å². The number of nitrogens with zero attached hydrogens (tertiary/aromatic N) is 1. The van der Waals surface area contributed by atoms with Gasteiger partial charge in [0.05, 0.1) is 0 Å². The maximum absolute atomic E-state index is 14.0. The molecule has 0 amide bonds. The third-order valence-electron chi connectivity index (χ3n) is 3.75. The van der Waals surface area contributed by atoms with Crippen LogP contribution in [0.2, 0.25) is 0 Å². The van der Waals surface area contributed by atoms with E-state index in [-0.39, 0.29) is 11.7 Å². The first-order valence-electron chi connectivity index (χ1n) is 6.47. The van der Waals surface area contributed by atoms with Crippen molar-refractivity contribution in [3.63, 3.8) is 0 Å². The highest BCUT2D eigenvalue weighted by Crippen LogP contribution is 2.26. The van der Waals surface area contributed by atoms with Crippen LogP contribution in [-0.2, 0) is 6.54 Å². The maximum Gasteiger partial charge on any atom is 0.128 e. The molecular formula is C14H20FN3S. The minimum atomic E-state index is -0.272. The van der Waals surface area contributed by atoms with Gasteiger partial charge in [-0.2, -0.15) is 11.8 Å². The zero-order valence-electron chi connectivity index (χ0n) is 11.3. The zero-order valence-corrected chi connectivity index (χ0v) is 12.1. The van der Waals surface area contributed by atoms with Crippen molar-refractivity contribution in [3.05, 3.63) is 35.1 Å². The molecule has 1 aromatic carbocycles. The fraction of sp³-hybridized carbons (Fsp3) is 0.500. The predicted octanol–water partition coefficient (Wildman–Crippen LogP) is 2.44. The smallest absolute Gasteiger partial charge is 0.128 e. The largest absolute Gasteiger partial charge is 0.384 e. The van der Waals surface area contributed by atoms with Crippen LogP contribution < -0.4 is 5.73 Å². The fourth-order valence-corrected chi connectivity index (χ4v) is 3.44. The van der Waals surface area contributed by atoms with E-state index in [1.165, 1.54) is 6.07 Å². The van der Waals surface area contributed by atoms with E-state index < -0.39 is 0 Å². The van der Waals surface area contributed by atoms with E-state index in [1.807, 2.05) is 11.8 Å². The van der Waals surface area contributed by atoms with Crippen LogP contribution in [0.3, 0.4) is 0 Å². The molecule has 1 fully saturated rings. The molecule has 19 heavy (non-hydrogen) atoms. The van der Waals surface area contributed by atoms with Crippen LogP contribution in [-0.4, -0.2) is 34.3 Å². The number of halogens is 1. The summed E-state index contributed by atoms with van der Waals surface area (Å²) in [6.45, 7) is 6.02. The SMILES string of the molecule is CC1SCCN(Cc2ccc(C(=N)N)cc2F)C1C. The van der Waals surface area contributed by atoms with E-state index in [1.54, 1.807) is 12.1 Å². The van der Waals surface area contributed by atoms with Gasteiger partial charge in [-0.15, -0.1) is 0 Å². The van der Waals surface area contributed by atoms with Gasteiger partial charge in [0.2, 0.25) is 0 Å². The Morgan fingerprint density at radius 2 is 2.26 bits per heavy atom. The number of hydrogen-bond donors (Lipinski definition) is 2. The average Bonchev–Trinajstić information content (AvgIpc) is 2.37. The van der Waals surface area contributed by atoms with Crippen molar-refractivity contribution < 1.29 is 4.39 Å². The summed E-state index contributed by atoms with van der Waals surface area (Å²) >= 11 is 1.97. The van der Waals surface area contributed by atoms with Gasteiger partial charge in [-0.1, -0.05) is 19.1 Å². The molecule has 0 bridgehead atoms. The van der Waals surface area contributed by atoms with Crippen molar-refractivity contribution in [2.75, 3.05) is 12.3 Å². The molecule has 0 radical (unpaired) electrons. The second-order valence-corrected chi connectivity index (χ2v) is 6.49. The molecule has 2 rings (SSSR count). The molecular weight excluding hydrogens is 261 g/mol. The summed E-state index contributed by atoms with van der Waals surface area (Å²) in [5.41, 5.74) is 6.48. The Balaban J connectivity index is 2.12. The van der Waals surface area contributed by atoms with Gasteiger partial charge in [0.25, 0.3) is 0 Å². The van der Waals surface area contributed by atoms with Crippen LogP contribution in [0, 0.1) is 11.2 Å². The molecule has 1 aromatic rings. The molecule has 1 saturated heterocycles. The average molecular weight is 281 g/mol. The first-order chi connectivity index (χ1) is 8.99. The Bertz CT molecular complexity index is 478. The van der Waals surface area contributed by atoms with Crippen molar-refractivity contribution in [1.82, 2.24) is 4.90 Å². The molecule has 0 aliphatic carbocycles. The Morgan fingerprint density at radius 3 is 2.89 bits per heavy atom. The number of nitrogens with two attached hydrogens (primary N) is 1. The lowest BCUT2D eigenvalue weighted by Crippen LogP contribution is -2.44. The van der Waals surface area contributed by atoms with E-state index in [4.69, 9.17) is 11.1 Å². The van der Waals surface area contributed by atoms with Gasteiger partial charge in [0.1, 0.15) is 11.7 Å². The van der Waals surface area contributed by atoms with Gasteiger partial charge < -0.3 is 5.73 Å². The van der Waals surface area contributed by atoms with Gasteiger partial charge in [-0.3, -0.25) is 10.3 Å². The normalized spacial score (nSPS) is 24.4. The standard InChI is InChI=1S/C14H20FN3S/c1-9-10(2)19-6-5-18(9)8-12-4-3-11(14(16)17)7-13(12)15/h3-4,7,9-10H,5-6,8H2,1-2H3,(H3,16,17). The quantitative estimate of drug-likeness (QED) is 0.661. The Kier molecular flexibility index (Phi) is 4.47. The summed E-state index contributed by atoms with van der Waals surface area (Å²) in [6, 6.07) is 5.26. The lowest BCUT2D eigenvalue weighted by molar-refractivity contribution is 0.202. The van der Waals surface area contributed by atoms with Crippen molar-refractivity contribution in [2.45, 2.75) is 31.7 Å². The molecule has 1 aliphatic heterocycles. The maximum atomic E-state index is 14.0. The zero-order chi connectivity index (χ0) is 14.0. The topological polar surface area (TPSA) is 53.1 Å². The predicted molar refractivity (Wildman–Crippen MR) is 79.2 cm³/mol. The van der Waals surface area contributed by atoms with E-state index in [0.717, 1.165) is 12.3 Å². The summed E-state index contributed by atoms with van der Waals surface area (Å²) < 4.78 is 14.0. The lowest BCUT2D eigenvalue weighted by Gasteiger charge is -2.37. The molecule has 3 nitrogen and oxygen atoms in total. The number of hydrogen-bond acceptors (Lipinski definition) is 3. The third kappa shape index (κ3) is 3.28. The van der Waals surface area contributed by atoms with Crippen molar-refractivity contribution >= 4 is 17.6 Å². The summed E-state index contributed by atoms with van der Waals surface area (Å²) in [6.07, 6.45) is 0. The molecule has 1 aliphatic rings. The summed E-state index contributed by atoms with van der Waals surface area (Å²) in [5, 5.41) is 7.89. The molecule has 2 unspecified atom stereocenters. The first-order valence-corrected chi connectivity index (χ1v) is 7.52. The number of nitrogen functional groups attached to an aromatic ring is 1. The van der Waals surface area contributed by atoms with Gasteiger partial charge in [0, 0.05) is 41.3 Å². The van der Waals surface area contributed by atoms with E-state index in [0.29, 0.717) is 29.0 Å². The highest BCUT2D eigenvalue weighted by molar-refractivity contribution is 8.00. The number of rotatable bonds is 3. The highest BCUT2D eigenvalue weighted by Gasteiger charge is 2.25. The Morgan fingerprint density at radius 1 is 1.53 bits per heavy atom. The second kappa shape index (κ2) is 5.92. The van der Waals surface area contributed by atoms with Gasteiger partial charge in [-0.25, -0.2) is 4.39 Å². The van der Waals surface area contributed by atoms with Crippen LogP contribution in [0.4, 0.5) is 4.39 Å². The monoisotopic (exact) mass is 281 g/mol. The molecule has 2 atom stereocenters.